The molecule has 0 saturated heterocycles. The molecule has 2 rings (SSSR count). The molecule has 19 heavy (non-hydrogen) atoms. The fourth-order valence-electron chi connectivity index (χ4n) is 1.83. The third-order valence-electron chi connectivity index (χ3n) is 2.71. The van der Waals surface area contributed by atoms with Gasteiger partial charge in [-0.05, 0) is 6.92 Å². The highest BCUT2D eigenvalue weighted by Gasteiger charge is 2.24. The lowest BCUT2D eigenvalue weighted by Crippen LogP contribution is -2.10. The zero-order valence-corrected chi connectivity index (χ0v) is 10.9. The number of anilines is 1. The molecule has 0 fully saturated rings. The van der Waals surface area contributed by atoms with E-state index in [1.165, 1.54) is 0 Å². The van der Waals surface area contributed by atoms with Crippen molar-refractivity contribution >= 4 is 11.6 Å². The molecule has 2 aromatic rings. The number of aromatic nitrogens is 4. The first-order chi connectivity index (χ1) is 9.08. The van der Waals surface area contributed by atoms with Gasteiger partial charge in [0.05, 0.1) is 4.92 Å². The van der Waals surface area contributed by atoms with Gasteiger partial charge in [-0.3, -0.25) is 14.7 Å². The molecule has 0 amide bonds. The Morgan fingerprint density at radius 3 is 2.79 bits per heavy atom. The highest BCUT2D eigenvalue weighted by atomic mass is 16.6. The maximum Gasteiger partial charge on any atom is 0.333 e. The highest BCUT2D eigenvalue weighted by molar-refractivity contribution is 5.53. The van der Waals surface area contributed by atoms with Crippen LogP contribution in [0.15, 0.2) is 12.4 Å². The molecule has 8 heteroatoms. The molecule has 2 aromatic heterocycles. The fraction of sp³-hybridized carbons (Fsp3) is 0.364. The zero-order valence-electron chi connectivity index (χ0n) is 10.9. The monoisotopic (exact) mass is 262 g/mol. The van der Waals surface area contributed by atoms with E-state index in [2.05, 4.69) is 20.3 Å². The van der Waals surface area contributed by atoms with E-state index in [-0.39, 0.29) is 11.5 Å². The Kier molecular flexibility index (Phi) is 3.41. The van der Waals surface area contributed by atoms with E-state index in [0.29, 0.717) is 23.9 Å². The first-order valence-corrected chi connectivity index (χ1v) is 5.81. The Morgan fingerprint density at radius 1 is 1.47 bits per heavy atom. The molecule has 0 aliphatic heterocycles. The lowest BCUT2D eigenvalue weighted by molar-refractivity contribution is -0.385. The van der Waals surface area contributed by atoms with Crippen molar-refractivity contribution in [2.24, 2.45) is 0 Å². The van der Waals surface area contributed by atoms with Crippen LogP contribution < -0.4 is 5.32 Å². The van der Waals surface area contributed by atoms with Crippen molar-refractivity contribution in [2.45, 2.75) is 20.3 Å². The van der Waals surface area contributed by atoms with Gasteiger partial charge in [-0.2, -0.15) is 4.98 Å². The topological polar surface area (TPSA) is 98.8 Å². The van der Waals surface area contributed by atoms with Gasteiger partial charge in [0, 0.05) is 25.9 Å². The van der Waals surface area contributed by atoms with Crippen LogP contribution >= 0.6 is 0 Å². The predicted molar refractivity (Wildman–Crippen MR) is 69.5 cm³/mol. The summed E-state index contributed by atoms with van der Waals surface area (Å²) in [7, 11) is 1.67. The second kappa shape index (κ2) is 5.01. The van der Waals surface area contributed by atoms with E-state index in [1.807, 2.05) is 6.92 Å². The first kappa shape index (κ1) is 12.9. The van der Waals surface area contributed by atoms with Gasteiger partial charge in [-0.15, -0.1) is 0 Å². The van der Waals surface area contributed by atoms with Gasteiger partial charge in [0.15, 0.2) is 0 Å². The molecule has 0 unspecified atom stereocenters. The molecule has 0 aliphatic carbocycles. The van der Waals surface area contributed by atoms with E-state index >= 15 is 0 Å². The third kappa shape index (κ3) is 2.24. The Hall–Kier alpha value is -2.51. The van der Waals surface area contributed by atoms with Gasteiger partial charge in [-0.25, -0.2) is 9.97 Å². The first-order valence-electron chi connectivity index (χ1n) is 5.81. The summed E-state index contributed by atoms with van der Waals surface area (Å²) in [5.74, 6) is 1.29. The Labute approximate surface area is 109 Å². The smallest absolute Gasteiger partial charge is 0.333 e. The summed E-state index contributed by atoms with van der Waals surface area (Å²) in [5.41, 5.74) is 0.210. The van der Waals surface area contributed by atoms with Crippen LogP contribution in [-0.4, -0.2) is 31.5 Å². The molecule has 0 aromatic carbocycles. The van der Waals surface area contributed by atoms with Gasteiger partial charge >= 0.3 is 5.69 Å². The number of hydrogen-bond donors (Lipinski definition) is 1. The highest BCUT2D eigenvalue weighted by Crippen LogP contribution is 2.26. The molecule has 8 nitrogen and oxygen atoms in total. The Bertz CT molecular complexity index is 622. The van der Waals surface area contributed by atoms with Crippen molar-refractivity contribution in [1.29, 1.82) is 0 Å². The number of imidazole rings is 1. The van der Waals surface area contributed by atoms with Crippen LogP contribution in [0.25, 0.3) is 5.82 Å². The van der Waals surface area contributed by atoms with Gasteiger partial charge < -0.3 is 5.32 Å². The van der Waals surface area contributed by atoms with Crippen molar-refractivity contribution in [3.8, 4) is 5.82 Å². The van der Waals surface area contributed by atoms with E-state index in [9.17, 15) is 10.1 Å². The van der Waals surface area contributed by atoms with Crippen LogP contribution in [0.3, 0.4) is 0 Å². The number of nitro groups is 1. The molecule has 0 spiro atoms. The molecule has 1 N–H and O–H groups in total. The van der Waals surface area contributed by atoms with Gasteiger partial charge in [-0.1, -0.05) is 6.92 Å². The number of nitrogens with zero attached hydrogens (tertiary/aromatic N) is 5. The van der Waals surface area contributed by atoms with Crippen LogP contribution in [-0.2, 0) is 6.42 Å². The van der Waals surface area contributed by atoms with E-state index < -0.39 is 4.92 Å². The Morgan fingerprint density at radius 2 is 2.21 bits per heavy atom. The van der Waals surface area contributed by atoms with Crippen molar-refractivity contribution in [2.75, 3.05) is 12.4 Å². The fourth-order valence-corrected chi connectivity index (χ4v) is 1.83. The molecule has 2 heterocycles. The summed E-state index contributed by atoms with van der Waals surface area (Å²) in [6.45, 7) is 3.52. The van der Waals surface area contributed by atoms with Crippen LogP contribution in [0.1, 0.15) is 18.4 Å². The minimum absolute atomic E-state index is 0.105. The molecular formula is C11H14N6O2. The number of aryl methyl sites for hydroxylation is 2. The summed E-state index contributed by atoms with van der Waals surface area (Å²) in [6.07, 6.45) is 3.91. The van der Waals surface area contributed by atoms with Crippen LogP contribution in [0, 0.1) is 17.0 Å². The third-order valence-corrected chi connectivity index (χ3v) is 2.71. The molecular weight excluding hydrogens is 248 g/mol. The number of rotatable bonds is 4. The second-order valence-electron chi connectivity index (χ2n) is 3.88. The standard InChI is InChI=1S/C11H14N6O2/c1-4-8-13-5-6-16(8)10-9(17(18)19)7(2)14-11(12-3)15-10/h5-6H,4H2,1-3H3,(H,12,14,15). The van der Waals surface area contributed by atoms with E-state index in [0.717, 1.165) is 0 Å². The van der Waals surface area contributed by atoms with Crippen molar-refractivity contribution in [3.05, 3.63) is 34.0 Å². The lowest BCUT2D eigenvalue weighted by Gasteiger charge is -2.09. The van der Waals surface area contributed by atoms with Crippen molar-refractivity contribution < 1.29 is 4.92 Å². The average molecular weight is 262 g/mol. The van der Waals surface area contributed by atoms with Crippen molar-refractivity contribution in [3.63, 3.8) is 0 Å². The molecule has 0 aliphatic rings. The second-order valence-corrected chi connectivity index (χ2v) is 3.88. The van der Waals surface area contributed by atoms with Crippen molar-refractivity contribution in [1.82, 2.24) is 19.5 Å². The van der Waals surface area contributed by atoms with Gasteiger partial charge in [0.1, 0.15) is 11.5 Å². The summed E-state index contributed by atoms with van der Waals surface area (Å²) in [5, 5.41) is 14.0. The lowest BCUT2D eigenvalue weighted by atomic mass is 10.3. The predicted octanol–water partition coefficient (Wildman–Crippen LogP) is 1.48. The summed E-state index contributed by atoms with van der Waals surface area (Å²) < 4.78 is 1.62. The van der Waals surface area contributed by atoms with E-state index in [4.69, 9.17) is 0 Å². The summed E-state index contributed by atoms with van der Waals surface area (Å²) in [4.78, 5) is 23.1. The van der Waals surface area contributed by atoms with Crippen LogP contribution in [0.5, 0.6) is 0 Å². The molecule has 100 valence electrons. The maximum absolute atomic E-state index is 11.2. The number of hydrogen-bond acceptors (Lipinski definition) is 6. The Balaban J connectivity index is 2.73. The quantitative estimate of drug-likeness (QED) is 0.662. The SMILES string of the molecule is CCc1nccn1-c1nc(NC)nc(C)c1[N+](=O)[O-]. The molecule has 0 atom stereocenters. The largest absolute Gasteiger partial charge is 0.357 e. The normalized spacial score (nSPS) is 10.5. The summed E-state index contributed by atoms with van der Waals surface area (Å²) in [6, 6.07) is 0. The molecule has 0 radical (unpaired) electrons. The minimum Gasteiger partial charge on any atom is -0.357 e. The minimum atomic E-state index is -0.469. The molecule has 0 saturated carbocycles. The van der Waals surface area contributed by atoms with Gasteiger partial charge in [0.25, 0.3) is 0 Å². The maximum atomic E-state index is 11.2. The number of nitrogens with one attached hydrogen (secondary N) is 1. The van der Waals surface area contributed by atoms with Crippen LogP contribution in [0.2, 0.25) is 0 Å². The zero-order chi connectivity index (χ0) is 14.0. The molecule has 0 bridgehead atoms. The van der Waals surface area contributed by atoms with E-state index in [1.54, 1.807) is 30.9 Å². The van der Waals surface area contributed by atoms with Gasteiger partial charge in [0.2, 0.25) is 11.8 Å². The van der Waals surface area contributed by atoms with Crippen LogP contribution in [0.4, 0.5) is 11.6 Å². The summed E-state index contributed by atoms with van der Waals surface area (Å²) >= 11 is 0. The average Bonchev–Trinajstić information content (AvgIpc) is 2.85.